The Kier molecular flexibility index (Phi) is 2.57. The first-order chi connectivity index (χ1) is 7.24. The van der Waals surface area contributed by atoms with E-state index < -0.39 is 7.12 Å². The van der Waals surface area contributed by atoms with Crippen molar-refractivity contribution in [2.24, 2.45) is 0 Å². The van der Waals surface area contributed by atoms with Crippen molar-refractivity contribution in [3.05, 3.63) is 30.5 Å². The van der Waals surface area contributed by atoms with E-state index in [0.29, 0.717) is 16.7 Å². The van der Waals surface area contributed by atoms with Gasteiger partial charge in [-0.1, -0.05) is 18.2 Å². The van der Waals surface area contributed by atoms with E-state index >= 15 is 0 Å². The van der Waals surface area contributed by atoms with E-state index in [1.165, 1.54) is 7.11 Å². The number of nitrogens with zero attached hydrogens (tertiary/aromatic N) is 1. The van der Waals surface area contributed by atoms with Crippen molar-refractivity contribution in [1.82, 2.24) is 4.98 Å². The van der Waals surface area contributed by atoms with E-state index in [9.17, 15) is 0 Å². The van der Waals surface area contributed by atoms with Gasteiger partial charge in [0.1, 0.15) is 11.3 Å². The minimum atomic E-state index is -1.55. The SMILES string of the molecule is COc1c(B(O)O)ccc2cccnc12. The summed E-state index contributed by atoms with van der Waals surface area (Å²) in [4.78, 5) is 4.15. The molecule has 0 aliphatic carbocycles. The third-order valence-corrected chi connectivity index (χ3v) is 2.24. The summed E-state index contributed by atoms with van der Waals surface area (Å²) in [7, 11) is -0.0682. The van der Waals surface area contributed by atoms with Crippen molar-refractivity contribution in [2.75, 3.05) is 7.11 Å². The Morgan fingerprint density at radius 1 is 1.27 bits per heavy atom. The lowest BCUT2D eigenvalue weighted by molar-refractivity contribution is 0.406. The Bertz CT molecular complexity index is 487. The van der Waals surface area contributed by atoms with Crippen LogP contribution in [0.3, 0.4) is 0 Å². The topological polar surface area (TPSA) is 62.6 Å². The number of benzene rings is 1. The number of pyridine rings is 1. The number of rotatable bonds is 2. The maximum absolute atomic E-state index is 9.14. The average molecular weight is 203 g/mol. The second-order valence-electron chi connectivity index (χ2n) is 3.14. The van der Waals surface area contributed by atoms with Crippen LogP contribution in [0.1, 0.15) is 0 Å². The summed E-state index contributed by atoms with van der Waals surface area (Å²) in [5.74, 6) is 0.406. The van der Waals surface area contributed by atoms with Crippen LogP contribution in [-0.4, -0.2) is 29.3 Å². The number of hydrogen-bond acceptors (Lipinski definition) is 4. The van der Waals surface area contributed by atoms with Gasteiger partial charge >= 0.3 is 7.12 Å². The molecular weight excluding hydrogens is 193 g/mol. The third kappa shape index (κ3) is 1.67. The summed E-state index contributed by atoms with van der Waals surface area (Å²) < 4.78 is 5.14. The zero-order valence-electron chi connectivity index (χ0n) is 8.21. The molecule has 0 bridgehead atoms. The van der Waals surface area contributed by atoms with Crippen LogP contribution in [0.5, 0.6) is 5.75 Å². The largest absolute Gasteiger partial charge is 0.495 e. The summed E-state index contributed by atoms with van der Waals surface area (Å²) in [6.45, 7) is 0. The highest BCUT2D eigenvalue weighted by atomic mass is 16.5. The summed E-state index contributed by atoms with van der Waals surface area (Å²) >= 11 is 0. The van der Waals surface area contributed by atoms with Crippen LogP contribution in [-0.2, 0) is 0 Å². The standard InChI is InChI=1S/C10H10BNO3/c1-15-10-8(11(13)14)5-4-7-3-2-6-12-9(7)10/h2-6,13-14H,1H3. The molecule has 76 valence electrons. The highest BCUT2D eigenvalue weighted by Crippen LogP contribution is 2.20. The number of fused-ring (bicyclic) bond motifs is 1. The van der Waals surface area contributed by atoms with Gasteiger partial charge in [0.15, 0.2) is 0 Å². The normalized spacial score (nSPS) is 10.3. The monoisotopic (exact) mass is 203 g/mol. The molecule has 1 heterocycles. The minimum absolute atomic E-state index is 0.323. The lowest BCUT2D eigenvalue weighted by Gasteiger charge is -2.09. The first kappa shape index (κ1) is 9.95. The molecule has 2 aromatic rings. The molecule has 15 heavy (non-hydrogen) atoms. The molecule has 0 amide bonds. The number of ether oxygens (including phenoxy) is 1. The highest BCUT2D eigenvalue weighted by molar-refractivity contribution is 6.60. The van der Waals surface area contributed by atoms with Gasteiger partial charge in [0.2, 0.25) is 0 Å². The Balaban J connectivity index is 2.75. The average Bonchev–Trinajstić information content (AvgIpc) is 2.27. The molecule has 1 aromatic carbocycles. The molecule has 0 atom stereocenters. The van der Waals surface area contributed by atoms with Crippen LogP contribution in [0, 0.1) is 0 Å². The molecule has 0 saturated carbocycles. The zero-order valence-corrected chi connectivity index (χ0v) is 8.21. The van der Waals surface area contributed by atoms with Crippen molar-refractivity contribution in [2.45, 2.75) is 0 Å². The lowest BCUT2D eigenvalue weighted by atomic mass is 9.79. The lowest BCUT2D eigenvalue weighted by Crippen LogP contribution is -2.31. The van der Waals surface area contributed by atoms with Crippen LogP contribution in [0.2, 0.25) is 0 Å². The number of aromatic nitrogens is 1. The molecule has 4 nitrogen and oxygen atoms in total. The fraction of sp³-hybridized carbons (Fsp3) is 0.100. The Morgan fingerprint density at radius 3 is 2.73 bits per heavy atom. The van der Waals surface area contributed by atoms with Gasteiger partial charge in [-0.05, 0) is 6.07 Å². The Labute approximate surface area is 87.3 Å². The first-order valence-corrected chi connectivity index (χ1v) is 4.52. The van der Waals surface area contributed by atoms with Gasteiger partial charge < -0.3 is 14.8 Å². The van der Waals surface area contributed by atoms with E-state index in [4.69, 9.17) is 14.8 Å². The first-order valence-electron chi connectivity index (χ1n) is 4.52. The summed E-state index contributed by atoms with van der Waals surface area (Å²) in [6.07, 6.45) is 1.64. The van der Waals surface area contributed by atoms with E-state index in [1.54, 1.807) is 18.3 Å². The third-order valence-electron chi connectivity index (χ3n) is 2.24. The molecular formula is C10H10BNO3. The zero-order chi connectivity index (χ0) is 10.8. The minimum Gasteiger partial charge on any atom is -0.495 e. The van der Waals surface area contributed by atoms with Crippen LogP contribution < -0.4 is 10.2 Å². The van der Waals surface area contributed by atoms with Gasteiger partial charge in [0.05, 0.1) is 7.11 Å². The van der Waals surface area contributed by atoms with Crippen LogP contribution in [0.25, 0.3) is 10.9 Å². The molecule has 0 saturated heterocycles. The maximum atomic E-state index is 9.14. The van der Waals surface area contributed by atoms with Gasteiger partial charge in [-0.15, -0.1) is 0 Å². The van der Waals surface area contributed by atoms with Crippen LogP contribution in [0.4, 0.5) is 0 Å². The molecule has 1 aromatic heterocycles. The molecule has 0 aliphatic rings. The van der Waals surface area contributed by atoms with Crippen molar-refractivity contribution in [1.29, 1.82) is 0 Å². The van der Waals surface area contributed by atoms with Crippen molar-refractivity contribution >= 4 is 23.5 Å². The predicted octanol–water partition coefficient (Wildman–Crippen LogP) is -0.0768. The smallest absolute Gasteiger partial charge is 0.492 e. The molecule has 0 aliphatic heterocycles. The van der Waals surface area contributed by atoms with E-state index in [-0.39, 0.29) is 0 Å². The highest BCUT2D eigenvalue weighted by Gasteiger charge is 2.19. The van der Waals surface area contributed by atoms with E-state index in [0.717, 1.165) is 5.39 Å². The predicted molar refractivity (Wildman–Crippen MR) is 58.1 cm³/mol. The summed E-state index contributed by atoms with van der Waals surface area (Å²) in [5.41, 5.74) is 0.953. The molecule has 2 rings (SSSR count). The Morgan fingerprint density at radius 2 is 2.07 bits per heavy atom. The fourth-order valence-corrected chi connectivity index (χ4v) is 1.55. The van der Waals surface area contributed by atoms with Crippen LogP contribution in [0.15, 0.2) is 30.5 Å². The maximum Gasteiger partial charge on any atom is 0.492 e. The second-order valence-corrected chi connectivity index (χ2v) is 3.14. The summed E-state index contributed by atoms with van der Waals surface area (Å²) in [6, 6.07) is 7.10. The Hall–Kier alpha value is -1.59. The summed E-state index contributed by atoms with van der Waals surface area (Å²) in [5, 5.41) is 19.2. The molecule has 0 unspecified atom stereocenters. The van der Waals surface area contributed by atoms with E-state index in [1.807, 2.05) is 12.1 Å². The van der Waals surface area contributed by atoms with Crippen molar-refractivity contribution in [3.8, 4) is 5.75 Å². The molecule has 0 radical (unpaired) electrons. The second kappa shape index (κ2) is 3.88. The number of hydrogen-bond donors (Lipinski definition) is 2. The van der Waals surface area contributed by atoms with Gasteiger partial charge in [0, 0.05) is 17.0 Å². The van der Waals surface area contributed by atoms with Gasteiger partial charge in [-0.2, -0.15) is 0 Å². The van der Waals surface area contributed by atoms with Gasteiger partial charge in [-0.3, -0.25) is 4.98 Å². The molecule has 5 heteroatoms. The van der Waals surface area contributed by atoms with Gasteiger partial charge in [-0.25, -0.2) is 0 Å². The van der Waals surface area contributed by atoms with Crippen LogP contribution >= 0.6 is 0 Å². The van der Waals surface area contributed by atoms with Crippen molar-refractivity contribution < 1.29 is 14.8 Å². The number of methoxy groups -OCH3 is 1. The molecule has 0 spiro atoms. The quantitative estimate of drug-likeness (QED) is 0.670. The molecule has 2 N–H and O–H groups in total. The fourth-order valence-electron chi connectivity index (χ4n) is 1.55. The van der Waals surface area contributed by atoms with E-state index in [2.05, 4.69) is 4.98 Å². The molecule has 0 fully saturated rings. The van der Waals surface area contributed by atoms with Gasteiger partial charge in [0.25, 0.3) is 0 Å². The van der Waals surface area contributed by atoms with Crippen molar-refractivity contribution in [3.63, 3.8) is 0 Å².